The van der Waals surface area contributed by atoms with E-state index in [4.69, 9.17) is 0 Å². The van der Waals surface area contributed by atoms with E-state index in [2.05, 4.69) is 10.3 Å². The summed E-state index contributed by atoms with van der Waals surface area (Å²) in [4.78, 5) is 31.3. The van der Waals surface area contributed by atoms with Crippen LogP contribution in [0.1, 0.15) is 6.42 Å². The molecule has 1 aliphatic heterocycles. The maximum Gasteiger partial charge on any atom is 0.227 e. The van der Waals surface area contributed by atoms with Gasteiger partial charge in [0.1, 0.15) is 0 Å². The number of imidazole rings is 1. The van der Waals surface area contributed by atoms with Crippen molar-refractivity contribution < 1.29 is 9.59 Å². The van der Waals surface area contributed by atoms with Crippen molar-refractivity contribution >= 4 is 29.3 Å². The Labute approximate surface area is 145 Å². The molecule has 0 saturated carbocycles. The van der Waals surface area contributed by atoms with Crippen LogP contribution in [0.3, 0.4) is 0 Å². The molecule has 0 aliphatic carbocycles. The summed E-state index contributed by atoms with van der Waals surface area (Å²) in [5.41, 5.74) is 0.853. The van der Waals surface area contributed by atoms with Crippen LogP contribution in [0.15, 0.2) is 47.9 Å². The lowest BCUT2D eigenvalue weighted by Crippen LogP contribution is -2.34. The summed E-state index contributed by atoms with van der Waals surface area (Å²) in [6.07, 6.45) is 7.55. The fourth-order valence-electron chi connectivity index (χ4n) is 2.77. The minimum atomic E-state index is -0.291. The van der Waals surface area contributed by atoms with Crippen molar-refractivity contribution in [1.82, 2.24) is 14.9 Å². The van der Waals surface area contributed by atoms with Gasteiger partial charge in [-0.2, -0.15) is 0 Å². The lowest BCUT2D eigenvalue weighted by Gasteiger charge is -2.17. The first-order chi connectivity index (χ1) is 11.7. The molecule has 1 saturated heterocycles. The number of anilines is 1. The minimum absolute atomic E-state index is 0.00154. The smallest absolute Gasteiger partial charge is 0.227 e. The zero-order valence-electron chi connectivity index (χ0n) is 13.5. The molecule has 3 rings (SSSR count). The SMILES string of the molecule is CSc1ccc(N2C[C@@H](C(=O)NCCn3ccnc3)CC2=O)cc1. The zero-order chi connectivity index (χ0) is 16.9. The van der Waals surface area contributed by atoms with Gasteiger partial charge in [-0.05, 0) is 30.5 Å². The predicted molar refractivity (Wildman–Crippen MR) is 93.9 cm³/mol. The number of aromatic nitrogens is 2. The van der Waals surface area contributed by atoms with Crippen LogP contribution in [0.5, 0.6) is 0 Å². The number of carbonyl (C=O) groups excluding carboxylic acids is 2. The standard InChI is InChI=1S/C17H20N4O2S/c1-24-15-4-2-14(3-5-15)21-11-13(10-16(21)22)17(23)19-7-9-20-8-6-18-12-20/h2-6,8,12-13H,7,9-11H2,1H3,(H,19,23)/t13-/m0/s1. The summed E-state index contributed by atoms with van der Waals surface area (Å²) in [6.45, 7) is 1.64. The van der Waals surface area contributed by atoms with Crippen molar-refractivity contribution in [2.45, 2.75) is 17.9 Å². The number of carbonyl (C=O) groups is 2. The number of benzene rings is 1. The van der Waals surface area contributed by atoms with E-state index in [1.807, 2.05) is 41.3 Å². The Morgan fingerprint density at radius 3 is 2.83 bits per heavy atom. The summed E-state index contributed by atoms with van der Waals surface area (Å²) in [6, 6.07) is 7.85. The van der Waals surface area contributed by atoms with Gasteiger partial charge in [0.25, 0.3) is 0 Å². The molecular weight excluding hydrogens is 324 g/mol. The van der Waals surface area contributed by atoms with Crippen LogP contribution in [0.4, 0.5) is 5.69 Å². The third kappa shape index (κ3) is 3.79. The van der Waals surface area contributed by atoms with Crippen LogP contribution in [0.25, 0.3) is 0 Å². The van der Waals surface area contributed by atoms with E-state index in [1.165, 1.54) is 0 Å². The molecule has 0 radical (unpaired) electrons. The van der Waals surface area contributed by atoms with Gasteiger partial charge in [0.15, 0.2) is 0 Å². The minimum Gasteiger partial charge on any atom is -0.354 e. The summed E-state index contributed by atoms with van der Waals surface area (Å²) < 4.78 is 1.90. The van der Waals surface area contributed by atoms with Crippen molar-refractivity contribution in [1.29, 1.82) is 0 Å². The van der Waals surface area contributed by atoms with Crippen molar-refractivity contribution in [3.8, 4) is 0 Å². The van der Waals surface area contributed by atoms with Crippen molar-refractivity contribution in [3.63, 3.8) is 0 Å². The number of hydrogen-bond acceptors (Lipinski definition) is 4. The molecular formula is C17H20N4O2S. The quantitative estimate of drug-likeness (QED) is 0.811. The van der Waals surface area contributed by atoms with Crippen LogP contribution in [-0.4, -0.2) is 40.7 Å². The molecule has 1 aromatic carbocycles. The first-order valence-corrected chi connectivity index (χ1v) is 9.07. The molecule has 1 aromatic heterocycles. The van der Waals surface area contributed by atoms with Crippen molar-refractivity contribution in [3.05, 3.63) is 43.0 Å². The summed E-state index contributed by atoms with van der Waals surface area (Å²) in [7, 11) is 0. The van der Waals surface area contributed by atoms with Gasteiger partial charge >= 0.3 is 0 Å². The third-order valence-corrected chi connectivity index (χ3v) is 4.85. The van der Waals surface area contributed by atoms with Crippen LogP contribution >= 0.6 is 11.8 Å². The highest BCUT2D eigenvalue weighted by Gasteiger charge is 2.34. The van der Waals surface area contributed by atoms with E-state index < -0.39 is 0 Å². The van der Waals surface area contributed by atoms with E-state index in [0.717, 1.165) is 10.6 Å². The van der Waals surface area contributed by atoms with Gasteiger partial charge in [0, 0.05) is 49.0 Å². The van der Waals surface area contributed by atoms with Crippen LogP contribution in [0, 0.1) is 5.92 Å². The van der Waals surface area contributed by atoms with Gasteiger partial charge in [-0.25, -0.2) is 4.98 Å². The normalized spacial score (nSPS) is 17.3. The zero-order valence-corrected chi connectivity index (χ0v) is 14.3. The first-order valence-electron chi connectivity index (χ1n) is 7.85. The molecule has 2 amide bonds. The van der Waals surface area contributed by atoms with Gasteiger partial charge in [0.2, 0.25) is 11.8 Å². The van der Waals surface area contributed by atoms with Gasteiger partial charge < -0.3 is 14.8 Å². The highest BCUT2D eigenvalue weighted by Crippen LogP contribution is 2.27. The number of rotatable bonds is 6. The van der Waals surface area contributed by atoms with Gasteiger partial charge in [-0.15, -0.1) is 11.8 Å². The highest BCUT2D eigenvalue weighted by atomic mass is 32.2. The van der Waals surface area contributed by atoms with Crippen LogP contribution < -0.4 is 10.2 Å². The Kier molecular flexibility index (Phi) is 5.20. The van der Waals surface area contributed by atoms with Gasteiger partial charge in [-0.3, -0.25) is 9.59 Å². The average Bonchev–Trinajstić information content (AvgIpc) is 3.24. The summed E-state index contributed by atoms with van der Waals surface area (Å²) in [5, 5.41) is 2.90. The lowest BCUT2D eigenvalue weighted by atomic mass is 10.1. The molecule has 0 unspecified atom stereocenters. The van der Waals surface area contributed by atoms with Crippen molar-refractivity contribution in [2.75, 3.05) is 24.2 Å². The molecule has 126 valence electrons. The highest BCUT2D eigenvalue weighted by molar-refractivity contribution is 7.98. The molecule has 6 nitrogen and oxygen atoms in total. The van der Waals surface area contributed by atoms with Gasteiger partial charge in [0.05, 0.1) is 12.2 Å². The van der Waals surface area contributed by atoms with Crippen LogP contribution in [-0.2, 0) is 16.1 Å². The first kappa shape index (κ1) is 16.6. The van der Waals surface area contributed by atoms with E-state index in [9.17, 15) is 9.59 Å². The Morgan fingerprint density at radius 1 is 1.38 bits per heavy atom. The molecule has 1 atom stereocenters. The monoisotopic (exact) mass is 344 g/mol. The fraction of sp³-hybridized carbons (Fsp3) is 0.353. The Balaban J connectivity index is 1.54. The second-order valence-corrected chi connectivity index (χ2v) is 6.57. The number of nitrogens with zero attached hydrogens (tertiary/aromatic N) is 3. The van der Waals surface area contributed by atoms with E-state index >= 15 is 0 Å². The Morgan fingerprint density at radius 2 is 2.17 bits per heavy atom. The Bertz CT molecular complexity index is 700. The maximum atomic E-state index is 12.3. The molecule has 2 heterocycles. The number of hydrogen-bond donors (Lipinski definition) is 1. The second kappa shape index (κ2) is 7.53. The third-order valence-electron chi connectivity index (χ3n) is 4.11. The lowest BCUT2D eigenvalue weighted by molar-refractivity contribution is -0.126. The maximum absolute atomic E-state index is 12.3. The average molecular weight is 344 g/mol. The molecule has 7 heteroatoms. The molecule has 1 fully saturated rings. The molecule has 0 bridgehead atoms. The topological polar surface area (TPSA) is 67.2 Å². The molecule has 1 aliphatic rings. The molecule has 2 aromatic rings. The largest absolute Gasteiger partial charge is 0.354 e. The van der Waals surface area contributed by atoms with E-state index in [1.54, 1.807) is 29.2 Å². The molecule has 24 heavy (non-hydrogen) atoms. The van der Waals surface area contributed by atoms with Crippen molar-refractivity contribution in [2.24, 2.45) is 5.92 Å². The second-order valence-electron chi connectivity index (χ2n) is 5.69. The molecule has 0 spiro atoms. The van der Waals surface area contributed by atoms with E-state index in [-0.39, 0.29) is 24.2 Å². The Hall–Kier alpha value is -2.28. The number of amides is 2. The number of nitrogens with one attached hydrogen (secondary N) is 1. The fourth-order valence-corrected chi connectivity index (χ4v) is 3.17. The van der Waals surface area contributed by atoms with Gasteiger partial charge in [-0.1, -0.05) is 0 Å². The van der Waals surface area contributed by atoms with Crippen LogP contribution in [0.2, 0.25) is 0 Å². The summed E-state index contributed by atoms with van der Waals surface area (Å²) in [5.74, 6) is -0.353. The van der Waals surface area contributed by atoms with E-state index in [0.29, 0.717) is 19.6 Å². The molecule has 1 N–H and O–H groups in total. The predicted octanol–water partition coefficient (Wildman–Crippen LogP) is 1.77. The summed E-state index contributed by atoms with van der Waals surface area (Å²) >= 11 is 1.66. The number of thioether (sulfide) groups is 1.